The van der Waals surface area contributed by atoms with Gasteiger partial charge < -0.3 is 0 Å². The first kappa shape index (κ1) is 32.5. The number of hydrogen-bond acceptors (Lipinski definition) is 2. The van der Waals surface area contributed by atoms with E-state index in [-0.39, 0.29) is 0 Å². The Bertz CT molecular complexity index is 1010. The van der Waals surface area contributed by atoms with Crippen LogP contribution in [0, 0.1) is 0 Å². The molecule has 3 nitrogen and oxygen atoms in total. The molecular formula is C11HF21O3S. The Morgan fingerprint density at radius 3 is 1.08 bits per heavy atom. The molecule has 0 heterocycles. The number of hydrogen-bond donors (Lipinski definition) is 1. The Hall–Kier alpha value is -1.56. The second-order valence-electron chi connectivity index (χ2n) is 6.82. The van der Waals surface area contributed by atoms with Crippen molar-refractivity contribution < 1.29 is 105 Å². The summed E-state index contributed by atoms with van der Waals surface area (Å²) in [5, 5.41) is -8.62. The molecule has 0 amide bonds. The first-order valence-corrected chi connectivity index (χ1v) is 8.88. The third kappa shape index (κ3) is 2.83. The molecule has 216 valence electrons. The van der Waals surface area contributed by atoms with E-state index in [0.717, 1.165) is 0 Å². The highest BCUT2D eigenvalue weighted by atomic mass is 32.2. The van der Waals surface area contributed by atoms with Crippen LogP contribution in [0.3, 0.4) is 0 Å². The molecule has 0 aromatic rings. The van der Waals surface area contributed by atoms with Crippen LogP contribution in [0.4, 0.5) is 92.2 Å². The van der Waals surface area contributed by atoms with Crippen molar-refractivity contribution in [2.45, 2.75) is 64.2 Å². The zero-order valence-electron chi connectivity index (χ0n) is 15.1. The van der Waals surface area contributed by atoms with Gasteiger partial charge in [-0.05, 0) is 0 Å². The highest BCUT2D eigenvalue weighted by molar-refractivity contribution is 7.87. The first-order chi connectivity index (χ1) is 15.0. The lowest BCUT2D eigenvalue weighted by molar-refractivity contribution is -0.502. The summed E-state index contributed by atoms with van der Waals surface area (Å²) in [6.07, 6.45) is -8.17. The number of rotatable bonds is 5. The molecule has 0 saturated heterocycles. The SMILES string of the molecule is O=S(=O)(O)C1(F)C(F)(F)C(F)(F)C(F)(F)C(F)(C(F)(F)C(F)(F)C(F)(F)C(F)(F)C(F)(F)F)C1(F)F. The van der Waals surface area contributed by atoms with E-state index in [2.05, 4.69) is 0 Å². The van der Waals surface area contributed by atoms with Gasteiger partial charge in [-0.15, -0.1) is 0 Å². The molecule has 2 atom stereocenters. The van der Waals surface area contributed by atoms with Crippen LogP contribution < -0.4 is 0 Å². The number of halogens is 21. The van der Waals surface area contributed by atoms with Crippen molar-refractivity contribution in [2.75, 3.05) is 0 Å². The van der Waals surface area contributed by atoms with Crippen LogP contribution in [0.25, 0.3) is 0 Å². The van der Waals surface area contributed by atoms with Crippen molar-refractivity contribution in [2.24, 2.45) is 0 Å². The highest BCUT2D eigenvalue weighted by Crippen LogP contribution is 2.75. The summed E-state index contributed by atoms with van der Waals surface area (Å²) in [4.78, 5) is 0. The van der Waals surface area contributed by atoms with Gasteiger partial charge in [0, 0.05) is 0 Å². The largest absolute Gasteiger partial charge is 0.460 e. The summed E-state index contributed by atoms with van der Waals surface area (Å²) in [5.41, 5.74) is -9.54. The predicted molar refractivity (Wildman–Crippen MR) is 64.9 cm³/mol. The second-order valence-corrected chi connectivity index (χ2v) is 8.33. The van der Waals surface area contributed by atoms with E-state index < -0.39 is 74.3 Å². The van der Waals surface area contributed by atoms with Crippen LogP contribution >= 0.6 is 0 Å². The monoisotopic (exact) mass is 612 g/mol. The van der Waals surface area contributed by atoms with Gasteiger partial charge in [0.05, 0.1) is 0 Å². The van der Waals surface area contributed by atoms with Crippen molar-refractivity contribution in [1.29, 1.82) is 0 Å². The van der Waals surface area contributed by atoms with Crippen LogP contribution in [0.15, 0.2) is 0 Å². The smallest absolute Gasteiger partial charge is 0.283 e. The summed E-state index contributed by atoms with van der Waals surface area (Å²) in [5.74, 6) is -72.5. The van der Waals surface area contributed by atoms with E-state index in [1.807, 2.05) is 0 Å². The predicted octanol–water partition coefficient (Wildman–Crippen LogP) is 5.91. The molecular weight excluding hydrogens is 611 g/mol. The van der Waals surface area contributed by atoms with E-state index in [1.54, 1.807) is 0 Å². The van der Waals surface area contributed by atoms with Gasteiger partial charge in [0.2, 0.25) is 0 Å². The fraction of sp³-hybridized carbons (Fsp3) is 1.00. The Morgan fingerprint density at radius 2 is 0.806 bits per heavy atom. The molecule has 0 aliphatic heterocycles. The van der Waals surface area contributed by atoms with E-state index >= 15 is 0 Å². The Kier molecular flexibility index (Phi) is 6.40. The maximum absolute atomic E-state index is 14.5. The minimum absolute atomic E-state index is 8.11. The van der Waals surface area contributed by atoms with Crippen LogP contribution in [0.5, 0.6) is 0 Å². The maximum atomic E-state index is 14.5. The summed E-state index contributed by atoms with van der Waals surface area (Å²) in [6.45, 7) is 0. The van der Waals surface area contributed by atoms with Gasteiger partial charge in [-0.25, -0.2) is 8.78 Å². The summed E-state index contributed by atoms with van der Waals surface area (Å²) < 4.78 is 310. The molecule has 0 aromatic carbocycles. The molecule has 0 radical (unpaired) electrons. The van der Waals surface area contributed by atoms with Gasteiger partial charge in [-0.3, -0.25) is 4.55 Å². The third-order valence-electron chi connectivity index (χ3n) is 4.79. The Morgan fingerprint density at radius 1 is 0.472 bits per heavy atom. The number of alkyl halides is 21. The summed E-state index contributed by atoms with van der Waals surface area (Å²) in [7, 11) is -8.74. The zero-order chi connectivity index (χ0) is 30.0. The Balaban J connectivity index is 4.38. The van der Waals surface area contributed by atoms with Crippen molar-refractivity contribution in [3.8, 4) is 0 Å². The van der Waals surface area contributed by atoms with Gasteiger partial charge in [-0.2, -0.15) is 91.8 Å². The van der Waals surface area contributed by atoms with Crippen molar-refractivity contribution in [3.63, 3.8) is 0 Å². The molecule has 1 aliphatic carbocycles. The molecule has 1 saturated carbocycles. The fourth-order valence-corrected chi connectivity index (χ4v) is 3.66. The minimum atomic E-state index is -9.63. The molecule has 0 bridgehead atoms. The van der Waals surface area contributed by atoms with Gasteiger partial charge in [0.15, 0.2) is 0 Å². The molecule has 1 fully saturated rings. The van der Waals surface area contributed by atoms with Crippen LogP contribution in [-0.2, 0) is 10.1 Å². The van der Waals surface area contributed by atoms with Crippen LogP contribution in [0.2, 0.25) is 0 Å². The molecule has 36 heavy (non-hydrogen) atoms. The van der Waals surface area contributed by atoms with Gasteiger partial charge in [0.25, 0.3) is 0 Å². The van der Waals surface area contributed by atoms with Crippen molar-refractivity contribution in [3.05, 3.63) is 0 Å². The average Bonchev–Trinajstić information content (AvgIpc) is 2.62. The fourth-order valence-electron chi connectivity index (χ4n) is 2.74. The standard InChI is InChI=1S/C11HF21O3S/c12-1(2(13,14)5(19,20)7(23,24)9(27,28)11(30,31)32)3(15,16)6(21,22)8(25,26)10(29,4(1,17)18)36(33,34)35/h(H,33,34,35). The minimum Gasteiger partial charge on any atom is -0.283 e. The highest BCUT2D eigenvalue weighted by Gasteiger charge is 3.09. The van der Waals surface area contributed by atoms with Crippen LogP contribution in [-0.4, -0.2) is 77.2 Å². The van der Waals surface area contributed by atoms with Gasteiger partial charge in [0.1, 0.15) is 0 Å². The molecule has 1 rings (SSSR count). The second kappa shape index (κ2) is 7.09. The lowest BCUT2D eigenvalue weighted by Gasteiger charge is -2.56. The zero-order valence-corrected chi connectivity index (χ0v) is 15.9. The first-order valence-electron chi connectivity index (χ1n) is 7.44. The third-order valence-corrected chi connectivity index (χ3v) is 6.01. The molecule has 25 heteroatoms. The lowest BCUT2D eigenvalue weighted by Crippen LogP contribution is -2.91. The molecule has 2 unspecified atom stereocenters. The van der Waals surface area contributed by atoms with Crippen LogP contribution in [0.1, 0.15) is 0 Å². The maximum Gasteiger partial charge on any atom is 0.460 e. The molecule has 1 aliphatic rings. The van der Waals surface area contributed by atoms with Gasteiger partial charge in [-0.1, -0.05) is 0 Å². The Labute approximate surface area is 180 Å². The average molecular weight is 612 g/mol. The van der Waals surface area contributed by atoms with Crippen molar-refractivity contribution in [1.82, 2.24) is 0 Å². The van der Waals surface area contributed by atoms with E-state index in [0.29, 0.717) is 0 Å². The molecule has 0 spiro atoms. The summed E-state index contributed by atoms with van der Waals surface area (Å²) >= 11 is 0. The molecule has 1 N–H and O–H groups in total. The normalized spacial score (nSPS) is 31.3. The van der Waals surface area contributed by atoms with Gasteiger partial charge >= 0.3 is 74.3 Å². The van der Waals surface area contributed by atoms with Crippen molar-refractivity contribution >= 4 is 10.1 Å². The van der Waals surface area contributed by atoms with E-state index in [9.17, 15) is 101 Å². The van der Waals surface area contributed by atoms with E-state index in [4.69, 9.17) is 4.55 Å². The molecule has 0 aromatic heterocycles. The lowest BCUT2D eigenvalue weighted by atomic mass is 9.67. The summed E-state index contributed by atoms with van der Waals surface area (Å²) in [6, 6.07) is 0. The quantitative estimate of drug-likeness (QED) is 0.311. The topological polar surface area (TPSA) is 54.4 Å². The van der Waals surface area contributed by atoms with E-state index in [1.165, 1.54) is 0 Å².